The molecule has 1 saturated heterocycles. The number of carboxylic acids is 1. The molecule has 2 aliphatic heterocycles. The number of aryl methyl sites for hydroxylation is 1. The average molecular weight is 315 g/mol. The summed E-state index contributed by atoms with van der Waals surface area (Å²) >= 11 is 4.92. The minimum absolute atomic E-state index is 0.123. The van der Waals surface area contributed by atoms with Gasteiger partial charge in [-0.2, -0.15) is 11.8 Å². The molecule has 1 aromatic heterocycles. The highest BCUT2D eigenvalue weighted by Crippen LogP contribution is 2.33. The molecule has 1 unspecified atom stereocenters. The summed E-state index contributed by atoms with van der Waals surface area (Å²) in [5, 5.41) is 9.13. The predicted molar refractivity (Wildman–Crippen MR) is 79.1 cm³/mol. The number of hydrogen-bond acceptors (Lipinski definition) is 5. The van der Waals surface area contributed by atoms with Crippen molar-refractivity contribution in [2.45, 2.75) is 18.2 Å². The van der Waals surface area contributed by atoms with Crippen LogP contribution in [0.3, 0.4) is 0 Å². The maximum absolute atomic E-state index is 12.4. The predicted octanol–water partition coefficient (Wildman–Crippen LogP) is 2.14. The van der Waals surface area contributed by atoms with Crippen molar-refractivity contribution in [1.29, 1.82) is 0 Å². The molecule has 0 bridgehead atoms. The molecule has 0 saturated carbocycles. The average Bonchev–Trinajstić information content (AvgIpc) is 3.04. The number of thioether (sulfide) groups is 2. The summed E-state index contributed by atoms with van der Waals surface area (Å²) in [6.45, 7) is 0. The monoisotopic (exact) mass is 315 g/mol. The standard InChI is InChI=1S/C12H13NO3S3/c14-11(13-6-18-5-8(13)12(15)16)10-3-7-4-17-2-1-9(7)19-10/h3,8H,1-2,4-6H2,(H,15,16). The molecule has 1 atom stereocenters. The topological polar surface area (TPSA) is 57.6 Å². The molecule has 0 aliphatic carbocycles. The molecule has 19 heavy (non-hydrogen) atoms. The maximum atomic E-state index is 12.4. The van der Waals surface area contributed by atoms with Crippen LogP contribution in [0.25, 0.3) is 0 Å². The third-order valence-electron chi connectivity index (χ3n) is 3.27. The summed E-state index contributed by atoms with van der Waals surface area (Å²) in [6, 6.07) is 1.28. The van der Waals surface area contributed by atoms with Gasteiger partial charge in [0.2, 0.25) is 0 Å². The van der Waals surface area contributed by atoms with E-state index in [1.807, 2.05) is 17.8 Å². The van der Waals surface area contributed by atoms with Crippen LogP contribution in [0.2, 0.25) is 0 Å². The van der Waals surface area contributed by atoms with E-state index in [0.717, 1.165) is 17.9 Å². The van der Waals surface area contributed by atoms with Gasteiger partial charge in [-0.15, -0.1) is 23.1 Å². The zero-order valence-corrected chi connectivity index (χ0v) is 12.6. The van der Waals surface area contributed by atoms with Gasteiger partial charge in [0.1, 0.15) is 6.04 Å². The number of rotatable bonds is 2. The summed E-state index contributed by atoms with van der Waals surface area (Å²) in [4.78, 5) is 27.0. The zero-order valence-electron chi connectivity index (χ0n) is 10.1. The van der Waals surface area contributed by atoms with Crippen LogP contribution < -0.4 is 0 Å². The first-order chi connectivity index (χ1) is 9.16. The Balaban J connectivity index is 1.83. The molecule has 1 N–H and O–H groups in total. The molecule has 1 amide bonds. The van der Waals surface area contributed by atoms with E-state index in [0.29, 0.717) is 16.5 Å². The second kappa shape index (κ2) is 5.38. The Morgan fingerprint density at radius 1 is 1.37 bits per heavy atom. The number of fused-ring (bicyclic) bond motifs is 1. The Kier molecular flexibility index (Phi) is 3.77. The number of carbonyl (C=O) groups is 2. The summed E-state index contributed by atoms with van der Waals surface area (Å²) in [5.74, 6) is 2.01. The van der Waals surface area contributed by atoms with E-state index in [-0.39, 0.29) is 5.91 Å². The van der Waals surface area contributed by atoms with Gasteiger partial charge in [0.05, 0.1) is 10.8 Å². The Morgan fingerprint density at radius 2 is 2.21 bits per heavy atom. The first-order valence-corrected chi connectivity index (χ1v) is 9.10. The van der Waals surface area contributed by atoms with Gasteiger partial charge in [-0.05, 0) is 23.8 Å². The van der Waals surface area contributed by atoms with Crippen LogP contribution >= 0.6 is 34.9 Å². The van der Waals surface area contributed by atoms with Crippen LogP contribution in [0.4, 0.5) is 0 Å². The summed E-state index contributed by atoms with van der Waals surface area (Å²) < 4.78 is 0. The zero-order chi connectivity index (χ0) is 13.4. The van der Waals surface area contributed by atoms with Crippen molar-refractivity contribution in [2.75, 3.05) is 17.4 Å². The van der Waals surface area contributed by atoms with Crippen molar-refractivity contribution in [3.8, 4) is 0 Å². The highest BCUT2D eigenvalue weighted by molar-refractivity contribution is 7.99. The third-order valence-corrected chi connectivity index (χ3v) is 6.51. The van der Waals surface area contributed by atoms with Gasteiger partial charge >= 0.3 is 5.97 Å². The SMILES string of the molecule is O=C(O)C1CSCN1C(=O)c1cc2c(s1)CCSC2. The van der Waals surface area contributed by atoms with Crippen LogP contribution in [0, 0.1) is 0 Å². The quantitative estimate of drug-likeness (QED) is 0.906. The minimum Gasteiger partial charge on any atom is -0.480 e. The molecular weight excluding hydrogens is 302 g/mol. The molecule has 102 valence electrons. The molecule has 3 rings (SSSR count). The van der Waals surface area contributed by atoms with Crippen LogP contribution in [-0.4, -0.2) is 45.3 Å². The summed E-state index contributed by atoms with van der Waals surface area (Å²) in [5.41, 5.74) is 1.25. The van der Waals surface area contributed by atoms with Crippen molar-refractivity contribution in [1.82, 2.24) is 4.90 Å². The normalized spacial score (nSPS) is 22.3. The van der Waals surface area contributed by atoms with Gasteiger partial charge in [-0.3, -0.25) is 4.79 Å². The first-order valence-electron chi connectivity index (χ1n) is 5.97. The molecule has 0 aromatic carbocycles. The minimum atomic E-state index is -0.907. The molecule has 7 heteroatoms. The van der Waals surface area contributed by atoms with Crippen molar-refractivity contribution < 1.29 is 14.7 Å². The van der Waals surface area contributed by atoms with Gasteiger partial charge in [0.15, 0.2) is 0 Å². The second-order valence-electron chi connectivity index (χ2n) is 4.49. The Labute approximate surface area is 123 Å². The van der Waals surface area contributed by atoms with Crippen molar-refractivity contribution in [2.24, 2.45) is 0 Å². The Hall–Kier alpha value is -0.660. The van der Waals surface area contributed by atoms with Crippen molar-refractivity contribution in [3.63, 3.8) is 0 Å². The van der Waals surface area contributed by atoms with Crippen molar-refractivity contribution >= 4 is 46.7 Å². The Bertz CT molecular complexity index is 505. The second-order valence-corrected chi connectivity index (χ2v) is 7.73. The number of carbonyl (C=O) groups excluding carboxylic acids is 1. The van der Waals surface area contributed by atoms with Crippen LogP contribution in [0.1, 0.15) is 20.1 Å². The van der Waals surface area contributed by atoms with Gasteiger partial charge in [0, 0.05) is 16.4 Å². The van der Waals surface area contributed by atoms with E-state index in [4.69, 9.17) is 5.11 Å². The smallest absolute Gasteiger partial charge is 0.327 e. The molecule has 4 nitrogen and oxygen atoms in total. The lowest BCUT2D eigenvalue weighted by atomic mass is 10.2. The highest BCUT2D eigenvalue weighted by atomic mass is 32.2. The number of hydrogen-bond donors (Lipinski definition) is 1. The van der Waals surface area contributed by atoms with Gasteiger partial charge < -0.3 is 10.0 Å². The third kappa shape index (κ3) is 2.51. The first kappa shape index (κ1) is 13.3. The molecule has 0 radical (unpaired) electrons. The number of nitrogens with zero attached hydrogens (tertiary/aromatic N) is 1. The van der Waals surface area contributed by atoms with Crippen LogP contribution in [0.5, 0.6) is 0 Å². The lowest BCUT2D eigenvalue weighted by Crippen LogP contribution is -2.41. The molecular formula is C12H13NO3S3. The van der Waals surface area contributed by atoms with Crippen LogP contribution in [-0.2, 0) is 17.0 Å². The van der Waals surface area contributed by atoms with Crippen molar-refractivity contribution in [3.05, 3.63) is 21.4 Å². The van der Waals surface area contributed by atoms with E-state index in [1.54, 1.807) is 0 Å². The Morgan fingerprint density at radius 3 is 2.95 bits per heavy atom. The fourth-order valence-corrected chi connectivity index (χ4v) is 5.72. The van der Waals surface area contributed by atoms with Gasteiger partial charge in [-0.25, -0.2) is 4.79 Å². The van der Waals surface area contributed by atoms with E-state index in [1.165, 1.54) is 38.4 Å². The number of amides is 1. The highest BCUT2D eigenvalue weighted by Gasteiger charge is 2.35. The molecule has 1 fully saturated rings. The maximum Gasteiger partial charge on any atom is 0.327 e. The number of carboxylic acid groups (broad SMARTS) is 1. The van der Waals surface area contributed by atoms with Crippen LogP contribution in [0.15, 0.2) is 6.07 Å². The largest absolute Gasteiger partial charge is 0.480 e. The van der Waals surface area contributed by atoms with E-state index < -0.39 is 12.0 Å². The van der Waals surface area contributed by atoms with E-state index in [9.17, 15) is 9.59 Å². The van der Waals surface area contributed by atoms with E-state index in [2.05, 4.69) is 0 Å². The molecule has 3 heterocycles. The fourth-order valence-electron chi connectivity index (χ4n) is 2.24. The fraction of sp³-hybridized carbons (Fsp3) is 0.500. The lowest BCUT2D eigenvalue weighted by molar-refractivity contribution is -0.140. The molecule has 0 spiro atoms. The number of thiophene rings is 1. The summed E-state index contributed by atoms with van der Waals surface area (Å²) in [6.07, 6.45) is 1.02. The molecule has 2 aliphatic rings. The lowest BCUT2D eigenvalue weighted by Gasteiger charge is -2.19. The summed E-state index contributed by atoms with van der Waals surface area (Å²) in [7, 11) is 0. The molecule has 1 aromatic rings. The van der Waals surface area contributed by atoms with E-state index >= 15 is 0 Å². The van der Waals surface area contributed by atoms with Gasteiger partial charge in [-0.1, -0.05) is 0 Å². The van der Waals surface area contributed by atoms with Gasteiger partial charge in [0.25, 0.3) is 5.91 Å². The number of aliphatic carboxylic acids is 1.